The van der Waals surface area contributed by atoms with Crippen molar-refractivity contribution in [3.63, 3.8) is 0 Å². The minimum absolute atomic E-state index is 0.271. The zero-order chi connectivity index (χ0) is 16.9. The Labute approximate surface area is 139 Å². The van der Waals surface area contributed by atoms with Gasteiger partial charge in [0.1, 0.15) is 12.7 Å². The predicted octanol–water partition coefficient (Wildman–Crippen LogP) is 2.04. The summed E-state index contributed by atoms with van der Waals surface area (Å²) in [6, 6.07) is 13.8. The van der Waals surface area contributed by atoms with Crippen molar-refractivity contribution < 1.29 is 23.8 Å². The van der Waals surface area contributed by atoms with E-state index in [4.69, 9.17) is 9.47 Å². The van der Waals surface area contributed by atoms with Crippen molar-refractivity contribution in [1.82, 2.24) is 5.32 Å². The van der Waals surface area contributed by atoms with E-state index in [0.29, 0.717) is 35.8 Å². The number of esters is 1. The van der Waals surface area contributed by atoms with Gasteiger partial charge in [-0.3, -0.25) is 4.79 Å². The summed E-state index contributed by atoms with van der Waals surface area (Å²) >= 11 is 0. The quantitative estimate of drug-likeness (QED) is 0.870. The van der Waals surface area contributed by atoms with Gasteiger partial charge in [-0.2, -0.15) is 0 Å². The van der Waals surface area contributed by atoms with Crippen molar-refractivity contribution in [3.05, 3.63) is 59.7 Å². The average molecular weight is 327 g/mol. The Morgan fingerprint density at radius 2 is 1.88 bits per heavy atom. The van der Waals surface area contributed by atoms with Crippen LogP contribution in [0, 0.1) is 0 Å². The van der Waals surface area contributed by atoms with Crippen molar-refractivity contribution in [2.24, 2.45) is 0 Å². The summed E-state index contributed by atoms with van der Waals surface area (Å²) in [5.74, 6) is 0.593. The number of nitrogens with one attached hydrogen (secondary N) is 1. The zero-order valence-corrected chi connectivity index (χ0v) is 13.2. The van der Waals surface area contributed by atoms with Gasteiger partial charge in [0.05, 0.1) is 19.2 Å². The molecule has 1 amide bonds. The van der Waals surface area contributed by atoms with Crippen LogP contribution in [0.2, 0.25) is 0 Å². The molecular weight excluding hydrogens is 310 g/mol. The Bertz CT molecular complexity index is 759. The lowest BCUT2D eigenvalue weighted by molar-refractivity contribution is 0.0600. The van der Waals surface area contributed by atoms with Gasteiger partial charge in [0.25, 0.3) is 5.91 Å². The maximum absolute atomic E-state index is 12.2. The third-order valence-electron chi connectivity index (χ3n) is 3.60. The van der Waals surface area contributed by atoms with E-state index in [0.717, 1.165) is 0 Å². The highest BCUT2D eigenvalue weighted by atomic mass is 16.6. The first-order valence-corrected chi connectivity index (χ1v) is 7.52. The van der Waals surface area contributed by atoms with E-state index in [2.05, 4.69) is 10.1 Å². The minimum Gasteiger partial charge on any atom is -0.486 e. The number of carbonyl (C=O) groups is 2. The van der Waals surface area contributed by atoms with Crippen LogP contribution in [0.25, 0.3) is 0 Å². The molecule has 0 aliphatic carbocycles. The van der Waals surface area contributed by atoms with Gasteiger partial charge >= 0.3 is 5.97 Å². The smallest absolute Gasteiger partial charge is 0.337 e. The Balaban J connectivity index is 1.59. The fourth-order valence-electron chi connectivity index (χ4n) is 2.38. The van der Waals surface area contributed by atoms with Gasteiger partial charge in [-0.15, -0.1) is 0 Å². The topological polar surface area (TPSA) is 73.9 Å². The molecule has 0 bridgehead atoms. The fraction of sp³-hybridized carbons (Fsp3) is 0.222. The number of carbonyl (C=O) groups excluding carboxylic acids is 2. The van der Waals surface area contributed by atoms with Crippen molar-refractivity contribution in [2.75, 3.05) is 20.3 Å². The summed E-state index contributed by atoms with van der Waals surface area (Å²) in [6.45, 7) is 0.662. The highest BCUT2D eigenvalue weighted by molar-refractivity contribution is 5.97. The lowest BCUT2D eigenvalue weighted by Crippen LogP contribution is -2.40. The Morgan fingerprint density at radius 1 is 1.12 bits per heavy atom. The number of hydrogen-bond donors (Lipinski definition) is 1. The van der Waals surface area contributed by atoms with E-state index in [9.17, 15) is 9.59 Å². The molecule has 2 aromatic rings. The molecule has 1 atom stereocenters. The van der Waals surface area contributed by atoms with Crippen molar-refractivity contribution >= 4 is 11.9 Å². The van der Waals surface area contributed by atoms with Crippen LogP contribution in [0.3, 0.4) is 0 Å². The third kappa shape index (κ3) is 3.48. The number of methoxy groups -OCH3 is 1. The van der Waals surface area contributed by atoms with Crippen molar-refractivity contribution in [1.29, 1.82) is 0 Å². The second kappa shape index (κ2) is 7.04. The molecule has 0 radical (unpaired) electrons. The Morgan fingerprint density at radius 3 is 2.67 bits per heavy atom. The fourth-order valence-corrected chi connectivity index (χ4v) is 2.38. The molecule has 124 valence electrons. The molecule has 0 saturated carbocycles. The molecule has 0 saturated heterocycles. The molecule has 6 heteroatoms. The van der Waals surface area contributed by atoms with Gasteiger partial charge in [0, 0.05) is 5.56 Å². The molecule has 24 heavy (non-hydrogen) atoms. The maximum Gasteiger partial charge on any atom is 0.337 e. The van der Waals surface area contributed by atoms with Crippen LogP contribution < -0.4 is 14.8 Å². The first-order valence-electron chi connectivity index (χ1n) is 7.52. The second-order valence-corrected chi connectivity index (χ2v) is 5.28. The summed E-state index contributed by atoms with van der Waals surface area (Å²) in [6.07, 6.45) is -0.271. The lowest BCUT2D eigenvalue weighted by Gasteiger charge is -2.26. The normalized spacial score (nSPS) is 15.5. The molecule has 1 N–H and O–H groups in total. The molecule has 0 aromatic heterocycles. The molecule has 0 spiro atoms. The number of rotatable bonds is 4. The number of amides is 1. The van der Waals surface area contributed by atoms with Gasteiger partial charge in [0.2, 0.25) is 0 Å². The van der Waals surface area contributed by atoms with Gasteiger partial charge in [0.15, 0.2) is 11.5 Å². The summed E-state index contributed by atoms with van der Waals surface area (Å²) < 4.78 is 16.0. The number of ether oxygens (including phenoxy) is 3. The van der Waals surface area contributed by atoms with Crippen LogP contribution in [-0.4, -0.2) is 38.2 Å². The number of benzene rings is 2. The molecule has 6 nitrogen and oxygen atoms in total. The molecule has 2 aromatic carbocycles. The average Bonchev–Trinajstić information content (AvgIpc) is 2.65. The first kappa shape index (κ1) is 15.9. The van der Waals surface area contributed by atoms with Gasteiger partial charge in [-0.25, -0.2) is 4.79 Å². The molecule has 0 fully saturated rings. The predicted molar refractivity (Wildman–Crippen MR) is 86.5 cm³/mol. The van der Waals surface area contributed by atoms with Crippen LogP contribution >= 0.6 is 0 Å². The number of para-hydroxylation sites is 2. The minimum atomic E-state index is -0.481. The molecule has 1 unspecified atom stereocenters. The SMILES string of the molecule is COC(=O)c1cccc(C(=O)NCC2COc3ccccc3O2)c1. The third-order valence-corrected chi connectivity index (χ3v) is 3.60. The maximum atomic E-state index is 12.2. The van der Waals surface area contributed by atoms with Gasteiger partial charge < -0.3 is 19.5 Å². The number of fused-ring (bicyclic) bond motifs is 1. The molecule has 1 aliphatic heterocycles. The molecule has 1 aliphatic rings. The van der Waals surface area contributed by atoms with E-state index in [-0.39, 0.29) is 12.0 Å². The van der Waals surface area contributed by atoms with E-state index in [1.807, 2.05) is 24.3 Å². The lowest BCUT2D eigenvalue weighted by atomic mass is 10.1. The Kier molecular flexibility index (Phi) is 4.65. The van der Waals surface area contributed by atoms with E-state index in [1.54, 1.807) is 18.2 Å². The molecular formula is C18H17NO5. The molecule has 3 rings (SSSR count). The number of hydrogen-bond acceptors (Lipinski definition) is 5. The van der Waals surface area contributed by atoms with Crippen molar-refractivity contribution in [2.45, 2.75) is 6.10 Å². The summed E-state index contributed by atoms with van der Waals surface area (Å²) in [5, 5.41) is 2.79. The standard InChI is InChI=1S/C18H17NO5/c1-22-18(21)13-6-4-5-12(9-13)17(20)19-10-14-11-23-15-7-2-3-8-16(15)24-14/h2-9,14H,10-11H2,1H3,(H,19,20). The van der Waals surface area contributed by atoms with Crippen LogP contribution in [0.4, 0.5) is 0 Å². The first-order chi connectivity index (χ1) is 11.7. The Hall–Kier alpha value is -3.02. The summed E-state index contributed by atoms with van der Waals surface area (Å²) in [4.78, 5) is 23.8. The van der Waals surface area contributed by atoms with Gasteiger partial charge in [-0.1, -0.05) is 18.2 Å². The summed E-state index contributed by atoms with van der Waals surface area (Å²) in [5.41, 5.74) is 0.714. The monoisotopic (exact) mass is 327 g/mol. The van der Waals surface area contributed by atoms with Crippen molar-refractivity contribution in [3.8, 4) is 11.5 Å². The second-order valence-electron chi connectivity index (χ2n) is 5.28. The van der Waals surface area contributed by atoms with Crippen LogP contribution in [0.15, 0.2) is 48.5 Å². The highest BCUT2D eigenvalue weighted by Gasteiger charge is 2.21. The van der Waals surface area contributed by atoms with E-state index < -0.39 is 5.97 Å². The van der Waals surface area contributed by atoms with Crippen LogP contribution in [0.5, 0.6) is 11.5 Å². The largest absolute Gasteiger partial charge is 0.486 e. The van der Waals surface area contributed by atoms with Crippen LogP contribution in [-0.2, 0) is 4.74 Å². The van der Waals surface area contributed by atoms with Gasteiger partial charge in [-0.05, 0) is 30.3 Å². The highest BCUT2D eigenvalue weighted by Crippen LogP contribution is 2.30. The summed E-state index contributed by atoms with van der Waals surface area (Å²) in [7, 11) is 1.30. The van der Waals surface area contributed by atoms with E-state index >= 15 is 0 Å². The molecule has 1 heterocycles. The zero-order valence-electron chi connectivity index (χ0n) is 13.2. The van der Waals surface area contributed by atoms with E-state index in [1.165, 1.54) is 13.2 Å². The van der Waals surface area contributed by atoms with Crippen LogP contribution in [0.1, 0.15) is 20.7 Å².